The summed E-state index contributed by atoms with van der Waals surface area (Å²) in [6, 6.07) is -0.196. The lowest BCUT2D eigenvalue weighted by molar-refractivity contribution is -0.120. The number of carbonyl (C=O) groups is 1. The van der Waals surface area contributed by atoms with Crippen LogP contribution >= 0.6 is 0 Å². The lowest BCUT2D eigenvalue weighted by Crippen LogP contribution is -2.41. The zero-order valence-corrected chi connectivity index (χ0v) is 7.41. The van der Waals surface area contributed by atoms with Gasteiger partial charge in [-0.3, -0.25) is 4.84 Å². The van der Waals surface area contributed by atoms with E-state index in [1.54, 1.807) is 6.20 Å². The van der Waals surface area contributed by atoms with E-state index in [-0.39, 0.29) is 6.03 Å². The number of nitrogens with one attached hydrogen (secondary N) is 1. The third-order valence-electron chi connectivity index (χ3n) is 1.39. The van der Waals surface area contributed by atoms with Crippen molar-refractivity contribution in [1.82, 2.24) is 10.4 Å². The maximum atomic E-state index is 11.0. The second kappa shape index (κ2) is 4.11. The van der Waals surface area contributed by atoms with Crippen molar-refractivity contribution in [3.63, 3.8) is 0 Å². The topological polar surface area (TPSA) is 41.6 Å². The van der Waals surface area contributed by atoms with Gasteiger partial charge in [-0.2, -0.15) is 5.06 Å². The number of hydroxylamine groups is 2. The van der Waals surface area contributed by atoms with Crippen LogP contribution in [0.25, 0.3) is 0 Å². The molecule has 1 N–H and O–H groups in total. The Hall–Kier alpha value is -1.03. The van der Waals surface area contributed by atoms with Crippen LogP contribution in [0.4, 0.5) is 4.79 Å². The number of carbonyl (C=O) groups excluding carboxylic acids is 1. The average molecular weight is 170 g/mol. The molecule has 4 heteroatoms. The molecule has 0 unspecified atom stereocenters. The molecule has 2 amide bonds. The van der Waals surface area contributed by atoms with Gasteiger partial charge in [0.1, 0.15) is 0 Å². The number of hydrogen-bond donors (Lipinski definition) is 1. The third kappa shape index (κ3) is 2.54. The van der Waals surface area contributed by atoms with Gasteiger partial charge in [0.25, 0.3) is 0 Å². The molecular weight excluding hydrogens is 156 g/mol. The van der Waals surface area contributed by atoms with Crippen LogP contribution in [-0.4, -0.2) is 24.2 Å². The summed E-state index contributed by atoms with van der Waals surface area (Å²) in [5.41, 5.74) is 0. The van der Waals surface area contributed by atoms with Crippen molar-refractivity contribution in [2.24, 2.45) is 5.92 Å². The summed E-state index contributed by atoms with van der Waals surface area (Å²) in [6.45, 7) is 5.18. The highest BCUT2D eigenvalue weighted by molar-refractivity contribution is 5.75. The molecule has 0 saturated carbocycles. The molecular formula is C8H14N2O2. The number of hydrogen-bond acceptors (Lipinski definition) is 2. The van der Waals surface area contributed by atoms with E-state index in [0.717, 1.165) is 0 Å². The van der Waals surface area contributed by atoms with Gasteiger partial charge >= 0.3 is 6.03 Å². The highest BCUT2D eigenvalue weighted by Gasteiger charge is 2.14. The minimum Gasteiger partial charge on any atom is -0.313 e. The van der Waals surface area contributed by atoms with E-state index in [2.05, 4.69) is 5.32 Å². The second-order valence-corrected chi connectivity index (χ2v) is 3.10. The summed E-state index contributed by atoms with van der Waals surface area (Å²) < 4.78 is 0. The van der Waals surface area contributed by atoms with E-state index in [4.69, 9.17) is 4.84 Å². The van der Waals surface area contributed by atoms with Gasteiger partial charge in [0.05, 0.1) is 13.2 Å². The molecule has 0 aromatic heterocycles. The highest BCUT2D eigenvalue weighted by Crippen LogP contribution is 2.00. The smallest absolute Gasteiger partial charge is 0.313 e. The van der Waals surface area contributed by atoms with Crippen molar-refractivity contribution in [2.45, 2.75) is 13.8 Å². The van der Waals surface area contributed by atoms with Gasteiger partial charge in [0, 0.05) is 6.20 Å². The standard InChI is InChI=1S/C8H14N2O2/c1-7(2)6-12-10-5-3-4-9-8(10)11/h3-4,7H,5-6H2,1-2H3,(H,9,11). The van der Waals surface area contributed by atoms with Crippen molar-refractivity contribution in [3.05, 3.63) is 12.3 Å². The molecule has 1 aliphatic heterocycles. The quantitative estimate of drug-likeness (QED) is 0.689. The van der Waals surface area contributed by atoms with Crippen molar-refractivity contribution < 1.29 is 9.63 Å². The number of nitrogens with zero attached hydrogens (tertiary/aromatic N) is 1. The van der Waals surface area contributed by atoms with Crippen molar-refractivity contribution in [2.75, 3.05) is 13.2 Å². The first kappa shape index (κ1) is 9.06. The lowest BCUT2D eigenvalue weighted by Gasteiger charge is -2.23. The molecule has 0 fully saturated rings. The van der Waals surface area contributed by atoms with E-state index in [1.807, 2.05) is 19.9 Å². The Morgan fingerprint density at radius 3 is 3.08 bits per heavy atom. The first-order valence-electron chi connectivity index (χ1n) is 4.06. The molecule has 1 rings (SSSR count). The fourth-order valence-corrected chi connectivity index (χ4v) is 0.784. The van der Waals surface area contributed by atoms with Crippen LogP contribution in [0.15, 0.2) is 12.3 Å². The van der Waals surface area contributed by atoms with E-state index in [9.17, 15) is 4.79 Å². The molecule has 0 atom stereocenters. The van der Waals surface area contributed by atoms with E-state index in [0.29, 0.717) is 19.1 Å². The van der Waals surface area contributed by atoms with Gasteiger partial charge in [-0.15, -0.1) is 0 Å². The summed E-state index contributed by atoms with van der Waals surface area (Å²) in [5.74, 6) is 0.434. The summed E-state index contributed by atoms with van der Waals surface area (Å²) in [4.78, 5) is 16.3. The molecule has 68 valence electrons. The predicted molar refractivity (Wildman–Crippen MR) is 45.2 cm³/mol. The Balaban J connectivity index is 2.31. The van der Waals surface area contributed by atoms with Gasteiger partial charge in [-0.25, -0.2) is 4.79 Å². The Labute approximate surface area is 72.1 Å². The second-order valence-electron chi connectivity index (χ2n) is 3.10. The monoisotopic (exact) mass is 170 g/mol. The Kier molecular flexibility index (Phi) is 3.10. The van der Waals surface area contributed by atoms with Crippen LogP contribution in [0.1, 0.15) is 13.8 Å². The highest BCUT2D eigenvalue weighted by atomic mass is 16.7. The molecule has 12 heavy (non-hydrogen) atoms. The fourth-order valence-electron chi connectivity index (χ4n) is 0.784. The van der Waals surface area contributed by atoms with Crippen LogP contribution in [0.3, 0.4) is 0 Å². The SMILES string of the molecule is CC(C)CON1CC=CNC1=O. The van der Waals surface area contributed by atoms with Crippen molar-refractivity contribution >= 4 is 6.03 Å². The number of amides is 2. The van der Waals surface area contributed by atoms with Gasteiger partial charge in [0.2, 0.25) is 0 Å². The molecule has 0 aromatic rings. The number of rotatable bonds is 3. The maximum Gasteiger partial charge on any atom is 0.345 e. The zero-order chi connectivity index (χ0) is 8.97. The van der Waals surface area contributed by atoms with E-state index < -0.39 is 0 Å². The van der Waals surface area contributed by atoms with Gasteiger partial charge in [-0.05, 0) is 12.0 Å². The first-order chi connectivity index (χ1) is 5.70. The Morgan fingerprint density at radius 2 is 2.50 bits per heavy atom. The van der Waals surface area contributed by atoms with Crippen molar-refractivity contribution in [3.8, 4) is 0 Å². The maximum absolute atomic E-state index is 11.0. The predicted octanol–water partition coefficient (Wildman–Crippen LogP) is 1.11. The molecule has 0 spiro atoms. The average Bonchev–Trinajstić information content (AvgIpc) is 2.03. The van der Waals surface area contributed by atoms with Gasteiger partial charge < -0.3 is 5.32 Å². The molecule has 4 nitrogen and oxygen atoms in total. The molecule has 0 aromatic carbocycles. The molecule has 0 saturated heterocycles. The Bertz CT molecular complexity index is 189. The number of urea groups is 1. The van der Waals surface area contributed by atoms with Crippen molar-refractivity contribution in [1.29, 1.82) is 0 Å². The summed E-state index contributed by atoms with van der Waals surface area (Å²) in [6.07, 6.45) is 3.46. The first-order valence-corrected chi connectivity index (χ1v) is 4.06. The third-order valence-corrected chi connectivity index (χ3v) is 1.39. The summed E-state index contributed by atoms with van der Waals surface area (Å²) in [7, 11) is 0. The molecule has 0 aliphatic carbocycles. The lowest BCUT2D eigenvalue weighted by atomic mass is 10.2. The normalized spacial score (nSPS) is 16.9. The van der Waals surface area contributed by atoms with Crippen LogP contribution in [0.5, 0.6) is 0 Å². The molecule has 0 radical (unpaired) electrons. The Morgan fingerprint density at radius 1 is 1.75 bits per heavy atom. The largest absolute Gasteiger partial charge is 0.345 e. The molecule has 1 heterocycles. The van der Waals surface area contributed by atoms with Crippen LogP contribution in [0, 0.1) is 5.92 Å². The van der Waals surface area contributed by atoms with Gasteiger partial charge in [-0.1, -0.05) is 13.8 Å². The summed E-state index contributed by atoms with van der Waals surface area (Å²) in [5, 5.41) is 3.86. The zero-order valence-electron chi connectivity index (χ0n) is 7.41. The molecule has 0 bridgehead atoms. The fraction of sp³-hybridized carbons (Fsp3) is 0.625. The minimum absolute atomic E-state index is 0.196. The summed E-state index contributed by atoms with van der Waals surface area (Å²) >= 11 is 0. The molecule has 1 aliphatic rings. The van der Waals surface area contributed by atoms with Gasteiger partial charge in [0.15, 0.2) is 0 Å². The van der Waals surface area contributed by atoms with E-state index >= 15 is 0 Å². The minimum atomic E-state index is -0.196. The van der Waals surface area contributed by atoms with Crippen LogP contribution < -0.4 is 5.32 Å². The van der Waals surface area contributed by atoms with Crippen LogP contribution in [-0.2, 0) is 4.84 Å². The van der Waals surface area contributed by atoms with Crippen LogP contribution in [0.2, 0.25) is 0 Å². The van der Waals surface area contributed by atoms with E-state index in [1.165, 1.54) is 5.06 Å².